The number of nitrogens with one attached hydrogen (secondary N) is 1. The zero-order chi connectivity index (χ0) is 21.1. The van der Waals surface area contributed by atoms with E-state index in [2.05, 4.69) is 52.3 Å². The second-order valence-electron chi connectivity index (χ2n) is 8.45. The van der Waals surface area contributed by atoms with Gasteiger partial charge in [-0.1, -0.05) is 0 Å². The summed E-state index contributed by atoms with van der Waals surface area (Å²) in [5.74, 6) is 2.15. The largest absolute Gasteiger partial charge is 0.354 e. The smallest absolute Gasteiger partial charge is 0.134 e. The van der Waals surface area contributed by atoms with Crippen LogP contribution in [0.15, 0.2) is 30.5 Å². The molecule has 2 aliphatic heterocycles. The summed E-state index contributed by atoms with van der Waals surface area (Å²) < 4.78 is 0. The number of likely N-dealkylation sites (tertiary alicyclic amines) is 1. The maximum absolute atomic E-state index is 10.2. The van der Waals surface area contributed by atoms with E-state index >= 15 is 0 Å². The fourth-order valence-electron chi connectivity index (χ4n) is 4.44. The SMILES string of the molecule is C[C@@H]1CCCN1c1cc(C2(C#N)CCN(C)CC2)cc(Nc2cc(C#N)ccn2)n1. The van der Waals surface area contributed by atoms with Gasteiger partial charge in [0.1, 0.15) is 17.5 Å². The molecule has 7 nitrogen and oxygen atoms in total. The highest BCUT2D eigenvalue weighted by Crippen LogP contribution is 2.38. The predicted octanol–water partition coefficient (Wildman–Crippen LogP) is 3.57. The van der Waals surface area contributed by atoms with Crippen molar-refractivity contribution in [2.45, 2.75) is 44.1 Å². The fraction of sp³-hybridized carbons (Fsp3) is 0.478. The summed E-state index contributed by atoms with van der Waals surface area (Å²) in [5, 5.41) is 22.6. The van der Waals surface area contributed by atoms with Gasteiger partial charge in [0.2, 0.25) is 0 Å². The second-order valence-corrected chi connectivity index (χ2v) is 8.45. The molecule has 1 atom stereocenters. The van der Waals surface area contributed by atoms with Crippen molar-refractivity contribution in [2.75, 3.05) is 36.9 Å². The summed E-state index contributed by atoms with van der Waals surface area (Å²) in [4.78, 5) is 13.8. The number of piperidine rings is 1. The molecule has 2 aromatic rings. The van der Waals surface area contributed by atoms with Crippen LogP contribution in [0.2, 0.25) is 0 Å². The van der Waals surface area contributed by atoms with E-state index in [0.717, 1.165) is 56.7 Å². The van der Waals surface area contributed by atoms with Crippen LogP contribution in [0.25, 0.3) is 0 Å². The molecule has 4 heterocycles. The highest BCUT2D eigenvalue weighted by molar-refractivity contribution is 5.60. The van der Waals surface area contributed by atoms with Crippen molar-refractivity contribution >= 4 is 17.5 Å². The molecule has 154 valence electrons. The molecule has 0 amide bonds. The lowest BCUT2D eigenvalue weighted by molar-refractivity contribution is 0.222. The quantitative estimate of drug-likeness (QED) is 0.837. The minimum atomic E-state index is -0.508. The summed E-state index contributed by atoms with van der Waals surface area (Å²) in [7, 11) is 2.10. The summed E-state index contributed by atoms with van der Waals surface area (Å²) in [6.45, 7) is 5.00. The lowest BCUT2D eigenvalue weighted by atomic mass is 9.74. The maximum Gasteiger partial charge on any atom is 0.134 e. The molecule has 30 heavy (non-hydrogen) atoms. The van der Waals surface area contributed by atoms with Crippen molar-refractivity contribution in [3.05, 3.63) is 41.6 Å². The monoisotopic (exact) mass is 401 g/mol. The molecule has 4 rings (SSSR count). The van der Waals surface area contributed by atoms with Crippen molar-refractivity contribution in [3.63, 3.8) is 0 Å². The Morgan fingerprint density at radius 1 is 1.13 bits per heavy atom. The molecule has 1 N–H and O–H groups in total. The van der Waals surface area contributed by atoms with Crippen LogP contribution >= 0.6 is 0 Å². The summed E-state index contributed by atoms with van der Waals surface area (Å²) in [6.07, 6.45) is 5.52. The van der Waals surface area contributed by atoms with Gasteiger partial charge in [0.15, 0.2) is 0 Å². The Kier molecular flexibility index (Phi) is 5.57. The van der Waals surface area contributed by atoms with Crippen LogP contribution < -0.4 is 10.2 Å². The van der Waals surface area contributed by atoms with Crippen LogP contribution in [0.3, 0.4) is 0 Å². The second kappa shape index (κ2) is 8.30. The molecule has 0 aliphatic carbocycles. The van der Waals surface area contributed by atoms with E-state index in [9.17, 15) is 10.5 Å². The Hall–Kier alpha value is -3.16. The summed E-state index contributed by atoms with van der Waals surface area (Å²) in [6, 6.07) is 12.7. The zero-order valence-electron chi connectivity index (χ0n) is 17.6. The third-order valence-corrected chi connectivity index (χ3v) is 6.41. The first-order valence-electron chi connectivity index (χ1n) is 10.6. The van der Waals surface area contributed by atoms with Gasteiger partial charge in [-0.05, 0) is 82.6 Å². The Bertz CT molecular complexity index is 995. The van der Waals surface area contributed by atoms with Crippen LogP contribution in [0.4, 0.5) is 17.5 Å². The number of hydrogen-bond acceptors (Lipinski definition) is 7. The third-order valence-electron chi connectivity index (χ3n) is 6.41. The van der Waals surface area contributed by atoms with E-state index in [1.165, 1.54) is 0 Å². The number of nitrogens with zero attached hydrogens (tertiary/aromatic N) is 6. The van der Waals surface area contributed by atoms with Gasteiger partial charge in [0.05, 0.1) is 23.1 Å². The van der Waals surface area contributed by atoms with E-state index in [0.29, 0.717) is 23.2 Å². The first-order chi connectivity index (χ1) is 14.5. The number of nitriles is 2. The van der Waals surface area contributed by atoms with E-state index in [-0.39, 0.29) is 0 Å². The third kappa shape index (κ3) is 3.94. The highest BCUT2D eigenvalue weighted by atomic mass is 15.2. The normalized spacial score (nSPS) is 21.1. The van der Waals surface area contributed by atoms with Gasteiger partial charge in [-0.2, -0.15) is 10.5 Å². The Balaban J connectivity index is 1.75. The molecule has 0 bridgehead atoms. The highest BCUT2D eigenvalue weighted by Gasteiger charge is 2.37. The van der Waals surface area contributed by atoms with Gasteiger partial charge in [0.25, 0.3) is 0 Å². The molecule has 0 aromatic carbocycles. The molecule has 2 aromatic heterocycles. The molecule has 0 saturated carbocycles. The van der Waals surface area contributed by atoms with Gasteiger partial charge in [-0.15, -0.1) is 0 Å². The van der Waals surface area contributed by atoms with Gasteiger partial charge in [-0.3, -0.25) is 0 Å². The molecule has 0 radical (unpaired) electrons. The Labute approximate surface area is 178 Å². The fourth-order valence-corrected chi connectivity index (χ4v) is 4.44. The topological polar surface area (TPSA) is 91.9 Å². The van der Waals surface area contributed by atoms with Crippen LogP contribution in [-0.4, -0.2) is 47.6 Å². The average molecular weight is 402 g/mol. The van der Waals surface area contributed by atoms with Gasteiger partial charge in [0, 0.05) is 18.8 Å². The van der Waals surface area contributed by atoms with Crippen molar-refractivity contribution in [1.82, 2.24) is 14.9 Å². The van der Waals surface area contributed by atoms with Crippen molar-refractivity contribution in [2.24, 2.45) is 0 Å². The summed E-state index contributed by atoms with van der Waals surface area (Å²) in [5.41, 5.74) is 1.05. The molecule has 2 fully saturated rings. The first kappa shape index (κ1) is 20.1. The molecule has 0 spiro atoms. The van der Waals surface area contributed by atoms with Crippen LogP contribution in [0.5, 0.6) is 0 Å². The number of rotatable bonds is 4. The van der Waals surface area contributed by atoms with E-state index in [1.807, 2.05) is 6.07 Å². The van der Waals surface area contributed by atoms with Crippen LogP contribution in [-0.2, 0) is 5.41 Å². The molecule has 2 aliphatic rings. The number of aromatic nitrogens is 2. The van der Waals surface area contributed by atoms with Crippen molar-refractivity contribution < 1.29 is 0 Å². The van der Waals surface area contributed by atoms with Gasteiger partial charge in [-0.25, -0.2) is 9.97 Å². The minimum Gasteiger partial charge on any atom is -0.354 e. The lowest BCUT2D eigenvalue weighted by Crippen LogP contribution is -2.40. The number of hydrogen-bond donors (Lipinski definition) is 1. The predicted molar refractivity (Wildman–Crippen MR) is 117 cm³/mol. The van der Waals surface area contributed by atoms with E-state index < -0.39 is 5.41 Å². The molecule has 7 heteroatoms. The Morgan fingerprint density at radius 3 is 2.60 bits per heavy atom. The van der Waals surface area contributed by atoms with Crippen LogP contribution in [0.1, 0.15) is 43.7 Å². The van der Waals surface area contributed by atoms with Crippen molar-refractivity contribution in [3.8, 4) is 12.1 Å². The number of anilines is 3. The van der Waals surface area contributed by atoms with E-state index in [4.69, 9.17) is 4.98 Å². The molecular weight excluding hydrogens is 374 g/mol. The zero-order valence-corrected chi connectivity index (χ0v) is 17.6. The number of pyridine rings is 2. The minimum absolute atomic E-state index is 0.427. The Morgan fingerprint density at radius 2 is 1.93 bits per heavy atom. The van der Waals surface area contributed by atoms with E-state index in [1.54, 1.807) is 18.3 Å². The molecular formula is C23H27N7. The molecule has 0 unspecified atom stereocenters. The van der Waals surface area contributed by atoms with Gasteiger partial charge >= 0.3 is 0 Å². The van der Waals surface area contributed by atoms with Gasteiger partial charge < -0.3 is 15.1 Å². The van der Waals surface area contributed by atoms with Crippen molar-refractivity contribution in [1.29, 1.82) is 10.5 Å². The first-order valence-corrected chi connectivity index (χ1v) is 10.6. The standard InChI is InChI=1S/C23H27N7/c1-17-4-3-9-30(17)22-14-19(23(16-25)6-10-29(2)11-7-23)13-21(28-22)27-20-12-18(15-24)5-8-26-20/h5,8,12-14,17H,3-4,6-7,9-11H2,1-2H3,(H,26,27,28)/t17-/m1/s1. The summed E-state index contributed by atoms with van der Waals surface area (Å²) >= 11 is 0. The van der Waals surface area contributed by atoms with Crippen LogP contribution in [0, 0.1) is 22.7 Å². The maximum atomic E-state index is 10.2. The lowest BCUT2D eigenvalue weighted by Gasteiger charge is -2.36. The average Bonchev–Trinajstić information content (AvgIpc) is 3.20. The molecule has 2 saturated heterocycles.